The molecule has 0 saturated carbocycles. The Morgan fingerprint density at radius 3 is 2.24 bits per heavy atom. The number of alkyl carbamates (subject to hydrolysis) is 1. The first-order valence-electron chi connectivity index (χ1n) is 6.86. The molecule has 21 heavy (non-hydrogen) atoms. The fourth-order valence-corrected chi connectivity index (χ4v) is 1.85. The summed E-state index contributed by atoms with van der Waals surface area (Å²) >= 11 is 0. The molecule has 1 aliphatic heterocycles. The van der Waals surface area contributed by atoms with Gasteiger partial charge < -0.3 is 14.5 Å². The van der Waals surface area contributed by atoms with E-state index in [4.69, 9.17) is 4.74 Å². The van der Waals surface area contributed by atoms with Crippen molar-refractivity contribution in [3.8, 4) is 0 Å². The maximum Gasteiger partial charge on any atom is 0.415 e. The Balaban J connectivity index is 2.26. The zero-order valence-electron chi connectivity index (χ0n) is 12.9. The van der Waals surface area contributed by atoms with Gasteiger partial charge in [0, 0.05) is 0 Å². The predicted octanol–water partition coefficient (Wildman–Crippen LogP) is 1.02. The quantitative estimate of drug-likeness (QED) is 0.702. The minimum absolute atomic E-state index is 0.233. The van der Waals surface area contributed by atoms with Crippen LogP contribution in [0.2, 0.25) is 0 Å². The average molecular weight is 301 g/mol. The van der Waals surface area contributed by atoms with E-state index in [9.17, 15) is 14.4 Å². The molecule has 1 aliphatic rings. The summed E-state index contributed by atoms with van der Waals surface area (Å²) < 4.78 is 4.89. The van der Waals surface area contributed by atoms with Gasteiger partial charge in [-0.25, -0.2) is 19.7 Å². The van der Waals surface area contributed by atoms with Crippen LogP contribution in [-0.2, 0) is 14.4 Å². The van der Waals surface area contributed by atoms with Crippen molar-refractivity contribution in [3.63, 3.8) is 0 Å². The lowest BCUT2D eigenvalue weighted by Gasteiger charge is -2.27. The van der Waals surface area contributed by atoms with E-state index in [1.54, 1.807) is 20.8 Å². The van der Waals surface area contributed by atoms with E-state index in [1.807, 2.05) is 17.8 Å². The van der Waals surface area contributed by atoms with Gasteiger partial charge in [-0.05, 0) is 53.8 Å². The number of nitrogens with zero attached hydrogens (tertiary/aromatic N) is 1. The number of likely N-dealkylation sites (tertiary alicyclic amines) is 1. The smallest absolute Gasteiger partial charge is 0.415 e. The second-order valence-electron chi connectivity index (χ2n) is 6.06. The Labute approximate surface area is 124 Å². The predicted molar refractivity (Wildman–Crippen MR) is 74.2 cm³/mol. The Hall–Kier alpha value is -1.83. The van der Waals surface area contributed by atoms with Crippen LogP contribution >= 0.6 is 0 Å². The van der Waals surface area contributed by atoms with Crippen molar-refractivity contribution in [1.82, 2.24) is 15.7 Å². The summed E-state index contributed by atoms with van der Waals surface area (Å²) in [5, 5.41) is 1.91. The molecule has 0 bridgehead atoms. The van der Waals surface area contributed by atoms with Gasteiger partial charge in [-0.15, -0.1) is 0 Å². The molecular formula is C13H23N3O5. The maximum atomic E-state index is 11.7. The number of piperidine rings is 1. The summed E-state index contributed by atoms with van der Waals surface area (Å²) in [6.45, 7) is 6.63. The molecule has 0 spiro atoms. The molecule has 1 saturated heterocycles. The number of nitrogens with one attached hydrogen (secondary N) is 2. The fraction of sp³-hybridized carbons (Fsp3) is 0.769. The van der Waals surface area contributed by atoms with E-state index >= 15 is 0 Å². The van der Waals surface area contributed by atoms with Gasteiger partial charge in [0.15, 0.2) is 0 Å². The molecule has 0 aromatic carbocycles. The number of hydrogen-bond donors (Lipinski definition) is 2. The molecule has 1 fully saturated rings. The Bertz CT molecular complexity index is 397. The number of hydroxylamine groups is 1. The first-order valence-corrected chi connectivity index (χ1v) is 6.86. The van der Waals surface area contributed by atoms with Crippen molar-refractivity contribution in [2.24, 2.45) is 5.92 Å². The third-order valence-corrected chi connectivity index (χ3v) is 2.91. The van der Waals surface area contributed by atoms with Gasteiger partial charge in [-0.3, -0.25) is 0 Å². The number of carbonyl (C=O) groups excluding carboxylic acids is 3. The zero-order chi connectivity index (χ0) is 16.0. The highest BCUT2D eigenvalue weighted by molar-refractivity contribution is 5.90. The Kier molecular flexibility index (Phi) is 5.95. The zero-order valence-corrected chi connectivity index (χ0v) is 12.9. The molecule has 0 aliphatic carbocycles. The van der Waals surface area contributed by atoms with Crippen molar-refractivity contribution in [2.45, 2.75) is 39.2 Å². The lowest BCUT2D eigenvalue weighted by molar-refractivity contribution is -0.155. The highest BCUT2D eigenvalue weighted by atomic mass is 16.7. The third kappa shape index (κ3) is 6.94. The molecule has 8 nitrogen and oxygen atoms in total. The molecular weight excluding hydrogens is 278 g/mol. The fourth-order valence-electron chi connectivity index (χ4n) is 1.85. The van der Waals surface area contributed by atoms with Crippen molar-refractivity contribution in [1.29, 1.82) is 0 Å². The number of hydrogen-bond acceptors (Lipinski definition) is 6. The molecule has 0 aromatic heterocycles. The maximum absolute atomic E-state index is 11.7. The highest BCUT2D eigenvalue weighted by Gasteiger charge is 2.26. The molecule has 8 heteroatoms. The van der Waals surface area contributed by atoms with Crippen LogP contribution in [0.5, 0.6) is 0 Å². The van der Waals surface area contributed by atoms with E-state index in [2.05, 4.69) is 9.74 Å². The third-order valence-electron chi connectivity index (χ3n) is 2.91. The van der Waals surface area contributed by atoms with Crippen molar-refractivity contribution in [3.05, 3.63) is 0 Å². The average Bonchev–Trinajstić information content (AvgIpc) is 2.34. The monoisotopic (exact) mass is 301 g/mol. The second kappa shape index (κ2) is 7.26. The van der Waals surface area contributed by atoms with Crippen LogP contribution in [0.1, 0.15) is 33.6 Å². The van der Waals surface area contributed by atoms with Crippen molar-refractivity contribution < 1.29 is 24.0 Å². The van der Waals surface area contributed by atoms with Crippen LogP contribution in [0, 0.1) is 5.92 Å². The largest absolute Gasteiger partial charge is 0.443 e. The van der Waals surface area contributed by atoms with Gasteiger partial charge in [0.2, 0.25) is 0 Å². The van der Waals surface area contributed by atoms with Crippen LogP contribution in [-0.4, -0.2) is 48.7 Å². The first-order chi connectivity index (χ1) is 9.67. The molecule has 0 aromatic rings. The normalized spacial score (nSPS) is 17.0. The van der Waals surface area contributed by atoms with Gasteiger partial charge in [0.1, 0.15) is 5.60 Å². The summed E-state index contributed by atoms with van der Waals surface area (Å²) in [4.78, 5) is 41.2. The topological polar surface area (TPSA) is 97.0 Å². The standard InChI is InChI=1S/C13H23N3O5/c1-13(2,3)20-12(19)14-11(18)15-21-10(17)9-5-7-16(4)8-6-9/h9H,5-8H2,1-4H3,(H2,14,15,18,19). The molecule has 0 radical (unpaired) electrons. The van der Waals surface area contributed by atoms with Crippen LogP contribution in [0.3, 0.4) is 0 Å². The molecule has 2 N–H and O–H groups in total. The number of ether oxygens (including phenoxy) is 1. The van der Waals surface area contributed by atoms with Crippen molar-refractivity contribution in [2.75, 3.05) is 20.1 Å². The summed E-state index contributed by atoms with van der Waals surface area (Å²) in [7, 11) is 1.98. The minimum atomic E-state index is -0.939. The molecule has 120 valence electrons. The van der Waals surface area contributed by atoms with Crippen LogP contribution in [0.25, 0.3) is 0 Å². The number of urea groups is 1. The minimum Gasteiger partial charge on any atom is -0.443 e. The van der Waals surface area contributed by atoms with E-state index in [-0.39, 0.29) is 5.92 Å². The van der Waals surface area contributed by atoms with Gasteiger partial charge in [-0.1, -0.05) is 0 Å². The van der Waals surface area contributed by atoms with Crippen LogP contribution in [0.4, 0.5) is 9.59 Å². The SMILES string of the molecule is CN1CCC(C(=O)ONC(=O)NC(=O)OC(C)(C)C)CC1. The Morgan fingerprint density at radius 2 is 1.71 bits per heavy atom. The lowest BCUT2D eigenvalue weighted by atomic mass is 9.98. The molecule has 0 atom stereocenters. The van der Waals surface area contributed by atoms with E-state index in [1.165, 1.54) is 0 Å². The lowest BCUT2D eigenvalue weighted by Crippen LogP contribution is -2.44. The van der Waals surface area contributed by atoms with Gasteiger partial charge in [0.05, 0.1) is 5.92 Å². The van der Waals surface area contributed by atoms with E-state index in [0.717, 1.165) is 13.1 Å². The van der Waals surface area contributed by atoms with Gasteiger partial charge >= 0.3 is 18.1 Å². The van der Waals surface area contributed by atoms with E-state index < -0.39 is 23.7 Å². The second-order valence-corrected chi connectivity index (χ2v) is 6.06. The van der Waals surface area contributed by atoms with Crippen LogP contribution in [0.15, 0.2) is 0 Å². The number of rotatable bonds is 1. The van der Waals surface area contributed by atoms with Crippen molar-refractivity contribution >= 4 is 18.1 Å². The summed E-state index contributed by atoms with van der Waals surface area (Å²) in [5.74, 6) is -0.731. The number of carbonyl (C=O) groups is 3. The number of amides is 3. The molecule has 1 heterocycles. The number of imide groups is 1. The highest BCUT2D eigenvalue weighted by Crippen LogP contribution is 2.16. The summed E-state index contributed by atoms with van der Waals surface area (Å²) in [6, 6.07) is -0.939. The van der Waals surface area contributed by atoms with E-state index in [0.29, 0.717) is 12.8 Å². The first kappa shape index (κ1) is 17.2. The molecule has 3 amide bonds. The van der Waals surface area contributed by atoms with Gasteiger partial charge in [-0.2, -0.15) is 5.48 Å². The molecule has 0 unspecified atom stereocenters. The summed E-state index contributed by atoms with van der Waals surface area (Å²) in [6.07, 6.45) is 0.463. The van der Waals surface area contributed by atoms with Crippen LogP contribution < -0.4 is 10.8 Å². The Morgan fingerprint density at radius 1 is 1.14 bits per heavy atom. The molecule has 1 rings (SSSR count). The summed E-state index contributed by atoms with van der Waals surface area (Å²) in [5.41, 5.74) is 1.18. The van der Waals surface area contributed by atoms with Gasteiger partial charge in [0.25, 0.3) is 0 Å².